The van der Waals surface area contributed by atoms with Crippen molar-refractivity contribution in [1.82, 2.24) is 9.88 Å². The Morgan fingerprint density at radius 2 is 2.04 bits per heavy atom. The van der Waals surface area contributed by atoms with E-state index in [9.17, 15) is 9.59 Å². The smallest absolute Gasteiger partial charge is 0.275 e. The molecule has 2 aliphatic heterocycles. The molecule has 0 N–H and O–H groups in total. The Bertz CT molecular complexity index is 783. The molecular weight excluding hydrogens is 326 g/mol. The number of oxazole rings is 1. The van der Waals surface area contributed by atoms with E-state index in [1.807, 2.05) is 24.3 Å². The van der Waals surface area contributed by atoms with Crippen molar-refractivity contribution < 1.29 is 14.0 Å². The molecule has 0 radical (unpaired) electrons. The largest absolute Gasteiger partial charge is 0.446 e. The lowest BCUT2D eigenvalue weighted by Crippen LogP contribution is -2.35. The van der Waals surface area contributed by atoms with E-state index in [0.717, 1.165) is 36.5 Å². The summed E-state index contributed by atoms with van der Waals surface area (Å²) >= 11 is 1.54. The van der Waals surface area contributed by atoms with E-state index in [0.29, 0.717) is 17.3 Å². The van der Waals surface area contributed by atoms with Crippen LogP contribution in [0.1, 0.15) is 29.2 Å². The third kappa shape index (κ3) is 2.80. The van der Waals surface area contributed by atoms with Crippen molar-refractivity contribution in [1.29, 1.82) is 0 Å². The molecule has 3 heterocycles. The number of benzene rings is 1. The molecule has 24 heavy (non-hydrogen) atoms. The van der Waals surface area contributed by atoms with E-state index < -0.39 is 0 Å². The van der Waals surface area contributed by atoms with Crippen LogP contribution in [0.2, 0.25) is 0 Å². The Labute approximate surface area is 143 Å². The molecule has 1 saturated heterocycles. The number of hydrogen-bond donors (Lipinski definition) is 0. The lowest BCUT2D eigenvalue weighted by atomic mass is 10.2. The van der Waals surface area contributed by atoms with Crippen LogP contribution in [-0.4, -0.2) is 40.5 Å². The summed E-state index contributed by atoms with van der Waals surface area (Å²) < 4.78 is 5.45. The minimum Gasteiger partial charge on any atom is -0.446 e. The van der Waals surface area contributed by atoms with Crippen LogP contribution in [-0.2, 0) is 11.3 Å². The first kappa shape index (κ1) is 15.3. The number of hydrogen-bond acceptors (Lipinski definition) is 5. The maximum atomic E-state index is 12.3. The van der Waals surface area contributed by atoms with Crippen LogP contribution >= 0.6 is 11.8 Å². The normalized spacial score (nSPS) is 17.2. The number of anilines is 1. The van der Waals surface area contributed by atoms with Crippen molar-refractivity contribution in [2.75, 3.05) is 23.7 Å². The first-order valence-electron chi connectivity index (χ1n) is 7.98. The van der Waals surface area contributed by atoms with E-state index >= 15 is 0 Å². The zero-order chi connectivity index (χ0) is 16.5. The molecule has 124 valence electrons. The highest BCUT2D eigenvalue weighted by atomic mass is 32.2. The van der Waals surface area contributed by atoms with Gasteiger partial charge in [-0.15, -0.1) is 11.8 Å². The lowest BCUT2D eigenvalue weighted by molar-refractivity contribution is -0.116. The third-order valence-corrected chi connectivity index (χ3v) is 5.31. The maximum absolute atomic E-state index is 12.3. The number of para-hydroxylation sites is 1. The van der Waals surface area contributed by atoms with E-state index in [2.05, 4.69) is 4.98 Å². The van der Waals surface area contributed by atoms with E-state index in [-0.39, 0.29) is 18.4 Å². The summed E-state index contributed by atoms with van der Waals surface area (Å²) in [6.45, 7) is 1.79. The molecule has 0 atom stereocenters. The maximum Gasteiger partial charge on any atom is 0.275 e. The summed E-state index contributed by atoms with van der Waals surface area (Å²) in [4.78, 5) is 33.4. The fourth-order valence-corrected chi connectivity index (χ4v) is 3.96. The molecule has 1 aromatic heterocycles. The zero-order valence-electron chi connectivity index (χ0n) is 13.1. The van der Waals surface area contributed by atoms with Gasteiger partial charge < -0.3 is 14.2 Å². The predicted octanol–water partition coefficient (Wildman–Crippen LogP) is 2.55. The monoisotopic (exact) mass is 343 g/mol. The number of carbonyl (C=O) groups excluding carboxylic acids is 2. The Morgan fingerprint density at radius 1 is 1.25 bits per heavy atom. The van der Waals surface area contributed by atoms with Crippen LogP contribution in [0.5, 0.6) is 0 Å². The minimum atomic E-state index is -0.0940. The average Bonchev–Trinajstić information content (AvgIpc) is 3.29. The summed E-state index contributed by atoms with van der Waals surface area (Å²) in [7, 11) is 0. The van der Waals surface area contributed by atoms with Crippen molar-refractivity contribution >= 4 is 29.3 Å². The molecule has 2 amide bonds. The molecule has 0 aliphatic carbocycles. The summed E-state index contributed by atoms with van der Waals surface area (Å²) in [6.07, 6.45) is 3.46. The fraction of sp³-hybridized carbons (Fsp3) is 0.353. The number of aromatic nitrogens is 1. The zero-order valence-corrected chi connectivity index (χ0v) is 13.9. The molecule has 0 bridgehead atoms. The quantitative estimate of drug-likeness (QED) is 0.857. The molecule has 7 heteroatoms. The molecular formula is C17H17N3O3S. The molecule has 2 aromatic rings. The molecule has 0 unspecified atom stereocenters. The van der Waals surface area contributed by atoms with Gasteiger partial charge in [0.25, 0.3) is 5.91 Å². The highest BCUT2D eigenvalue weighted by Gasteiger charge is 2.27. The molecule has 1 aromatic carbocycles. The fourth-order valence-electron chi connectivity index (χ4n) is 3.03. The van der Waals surface area contributed by atoms with Gasteiger partial charge in [-0.25, -0.2) is 4.98 Å². The summed E-state index contributed by atoms with van der Waals surface area (Å²) in [5.74, 6) is 0.706. The van der Waals surface area contributed by atoms with Crippen LogP contribution in [0.3, 0.4) is 0 Å². The number of carbonyl (C=O) groups is 2. The van der Waals surface area contributed by atoms with Gasteiger partial charge in [0.05, 0.1) is 11.4 Å². The molecule has 1 fully saturated rings. The van der Waals surface area contributed by atoms with Gasteiger partial charge in [0.15, 0.2) is 5.69 Å². The van der Waals surface area contributed by atoms with Crippen LogP contribution in [0.4, 0.5) is 5.69 Å². The highest BCUT2D eigenvalue weighted by Crippen LogP contribution is 2.35. The summed E-state index contributed by atoms with van der Waals surface area (Å²) in [5.41, 5.74) is 1.18. The average molecular weight is 343 g/mol. The lowest BCUT2D eigenvalue weighted by Gasteiger charge is -2.27. The Balaban J connectivity index is 1.54. The van der Waals surface area contributed by atoms with Gasteiger partial charge in [0, 0.05) is 18.0 Å². The third-order valence-electron chi connectivity index (χ3n) is 4.27. The number of rotatable bonds is 3. The van der Waals surface area contributed by atoms with Crippen LogP contribution in [0.25, 0.3) is 0 Å². The molecule has 4 rings (SSSR count). The van der Waals surface area contributed by atoms with Gasteiger partial charge in [-0.3, -0.25) is 9.59 Å². The van der Waals surface area contributed by atoms with Gasteiger partial charge in [-0.05, 0) is 25.0 Å². The number of likely N-dealkylation sites (tertiary alicyclic amines) is 1. The summed E-state index contributed by atoms with van der Waals surface area (Å²) in [5, 5.41) is 0. The van der Waals surface area contributed by atoms with Crippen molar-refractivity contribution in [2.24, 2.45) is 0 Å². The standard InChI is InChI=1S/C17H17N3O3S/c21-16-11-24-14-6-2-1-5-13(14)20(16)9-15-18-12(10-23-15)17(22)19-7-3-4-8-19/h1-2,5-6,10H,3-4,7-9,11H2. The second-order valence-electron chi connectivity index (χ2n) is 5.86. The van der Waals surface area contributed by atoms with Crippen molar-refractivity contribution in [2.45, 2.75) is 24.3 Å². The van der Waals surface area contributed by atoms with Crippen molar-refractivity contribution in [3.05, 3.63) is 42.1 Å². The predicted molar refractivity (Wildman–Crippen MR) is 90.0 cm³/mol. The van der Waals surface area contributed by atoms with Gasteiger partial charge >= 0.3 is 0 Å². The van der Waals surface area contributed by atoms with E-state index in [1.54, 1.807) is 9.80 Å². The Morgan fingerprint density at radius 3 is 2.88 bits per heavy atom. The number of fused-ring (bicyclic) bond motifs is 1. The van der Waals surface area contributed by atoms with E-state index in [1.165, 1.54) is 18.0 Å². The van der Waals surface area contributed by atoms with Crippen LogP contribution in [0.15, 0.2) is 39.8 Å². The first-order valence-corrected chi connectivity index (χ1v) is 8.97. The highest BCUT2D eigenvalue weighted by molar-refractivity contribution is 8.00. The van der Waals surface area contributed by atoms with Crippen LogP contribution < -0.4 is 4.90 Å². The number of amides is 2. The summed E-state index contributed by atoms with van der Waals surface area (Å²) in [6, 6.07) is 7.77. The van der Waals surface area contributed by atoms with Crippen molar-refractivity contribution in [3.8, 4) is 0 Å². The number of nitrogens with zero attached hydrogens (tertiary/aromatic N) is 3. The van der Waals surface area contributed by atoms with Crippen molar-refractivity contribution in [3.63, 3.8) is 0 Å². The van der Waals surface area contributed by atoms with Gasteiger partial charge in [-0.1, -0.05) is 12.1 Å². The first-order chi connectivity index (χ1) is 11.7. The van der Waals surface area contributed by atoms with Gasteiger partial charge in [0.2, 0.25) is 11.8 Å². The van der Waals surface area contributed by atoms with Crippen LogP contribution in [0, 0.1) is 0 Å². The number of thioether (sulfide) groups is 1. The minimum absolute atomic E-state index is 0.0179. The van der Waals surface area contributed by atoms with E-state index in [4.69, 9.17) is 4.42 Å². The molecule has 0 spiro atoms. The SMILES string of the molecule is O=C(c1coc(CN2C(=O)CSc3ccccc32)n1)N1CCCC1. The molecule has 2 aliphatic rings. The Hall–Kier alpha value is -2.28. The second-order valence-corrected chi connectivity index (χ2v) is 6.88. The topological polar surface area (TPSA) is 66.7 Å². The Kier molecular flexibility index (Phi) is 4.02. The molecule has 0 saturated carbocycles. The second kappa shape index (κ2) is 6.32. The van der Waals surface area contributed by atoms with Gasteiger partial charge in [0.1, 0.15) is 12.8 Å². The van der Waals surface area contributed by atoms with Gasteiger partial charge in [-0.2, -0.15) is 0 Å². The molecule has 6 nitrogen and oxygen atoms in total.